The van der Waals surface area contributed by atoms with Gasteiger partial charge >= 0.3 is 0 Å². The smallest absolute Gasteiger partial charge is 0.293 e. The highest BCUT2D eigenvalue weighted by Gasteiger charge is 1.94. The van der Waals surface area contributed by atoms with Crippen LogP contribution in [0.5, 0.6) is 0 Å². The van der Waals surface area contributed by atoms with E-state index in [1.807, 2.05) is 0 Å². The highest BCUT2D eigenvalue weighted by Crippen LogP contribution is 1.96. The summed E-state index contributed by atoms with van der Waals surface area (Å²) in [6, 6.07) is 0. The lowest BCUT2D eigenvalue weighted by atomic mass is 10.4. The number of carbonyl (C=O) groups excluding carboxylic acids is 1. The van der Waals surface area contributed by atoms with Gasteiger partial charge in [-0.2, -0.15) is 0 Å². The second-order valence-corrected chi connectivity index (χ2v) is 1.68. The molecule has 0 radical (unpaired) electrons. The van der Waals surface area contributed by atoms with Crippen molar-refractivity contribution in [3.8, 4) is 0 Å². The van der Waals surface area contributed by atoms with Crippen molar-refractivity contribution in [2.24, 2.45) is 0 Å². The molecule has 0 amide bonds. The van der Waals surface area contributed by atoms with Crippen molar-refractivity contribution in [1.29, 1.82) is 0 Å². The van der Waals surface area contributed by atoms with Gasteiger partial charge in [-0.1, -0.05) is 0 Å². The summed E-state index contributed by atoms with van der Waals surface area (Å²) in [5, 5.41) is 0. The molecular weight excluding hydrogens is 205 g/mol. The van der Waals surface area contributed by atoms with Gasteiger partial charge in [0.15, 0.2) is 6.39 Å². The van der Waals surface area contributed by atoms with Crippen molar-refractivity contribution in [2.75, 3.05) is 6.61 Å². The zero-order valence-electron chi connectivity index (χ0n) is 6.13. The van der Waals surface area contributed by atoms with E-state index in [1.165, 1.54) is 6.39 Å². The number of halogens is 2. The van der Waals surface area contributed by atoms with Crippen LogP contribution in [0.3, 0.4) is 0 Å². The molecule has 0 saturated heterocycles. The van der Waals surface area contributed by atoms with Gasteiger partial charge in [-0.05, 0) is 0 Å². The molecule has 0 aromatic carbocycles. The highest BCUT2D eigenvalue weighted by molar-refractivity contribution is 5.85. The Kier molecular flexibility index (Phi) is 9.63. The Labute approximate surface area is 82.1 Å². The number of oxazole rings is 1. The third-order valence-electron chi connectivity index (χ3n) is 1.02. The van der Waals surface area contributed by atoms with Gasteiger partial charge in [0.1, 0.15) is 5.76 Å². The lowest BCUT2D eigenvalue weighted by molar-refractivity contribution is -0.128. The monoisotopic (exact) mass is 213 g/mol. The molecule has 0 unspecified atom stereocenters. The molecule has 0 aliphatic heterocycles. The molecule has 0 bridgehead atoms. The third kappa shape index (κ3) is 4.98. The average Bonchev–Trinajstić information content (AvgIpc) is 2.41. The van der Waals surface area contributed by atoms with Crippen LogP contribution in [0.15, 0.2) is 17.0 Å². The summed E-state index contributed by atoms with van der Waals surface area (Å²) in [5.74, 6) is 0.724. The Morgan fingerprint density at radius 3 is 2.83 bits per heavy atom. The molecule has 1 rings (SSSR count). The molecule has 1 heterocycles. The fourth-order valence-electron chi connectivity index (χ4n) is 0.573. The molecule has 6 heteroatoms. The van der Waals surface area contributed by atoms with Gasteiger partial charge < -0.3 is 9.15 Å². The Morgan fingerprint density at radius 2 is 2.33 bits per heavy atom. The van der Waals surface area contributed by atoms with Crippen molar-refractivity contribution >= 4 is 31.3 Å². The number of carbonyl (C=O) groups is 1. The van der Waals surface area contributed by atoms with Gasteiger partial charge in [-0.25, -0.2) is 4.98 Å². The maximum absolute atomic E-state index is 9.66. The van der Waals surface area contributed by atoms with Crippen LogP contribution in [-0.2, 0) is 16.0 Å². The van der Waals surface area contributed by atoms with Crippen LogP contribution in [0.1, 0.15) is 5.76 Å². The molecule has 0 aliphatic rings. The van der Waals surface area contributed by atoms with Crippen LogP contribution in [-0.4, -0.2) is 18.1 Å². The van der Waals surface area contributed by atoms with E-state index in [4.69, 9.17) is 4.42 Å². The number of hydrogen-bond donors (Lipinski definition) is 0. The second kappa shape index (κ2) is 8.36. The minimum atomic E-state index is 0. The van der Waals surface area contributed by atoms with Gasteiger partial charge in [0.2, 0.25) is 0 Å². The zero-order valence-corrected chi connectivity index (χ0v) is 7.77. The molecule has 1 aromatic rings. The van der Waals surface area contributed by atoms with E-state index in [0.717, 1.165) is 5.76 Å². The SMILES string of the molecule is Cl.Cl.O=COCCc1cnco1. The topological polar surface area (TPSA) is 52.3 Å². The van der Waals surface area contributed by atoms with E-state index in [1.54, 1.807) is 6.20 Å². The van der Waals surface area contributed by atoms with Crippen LogP contribution in [0.25, 0.3) is 0 Å². The van der Waals surface area contributed by atoms with Crippen LogP contribution in [0, 0.1) is 0 Å². The van der Waals surface area contributed by atoms with Crippen LogP contribution < -0.4 is 0 Å². The molecule has 70 valence electrons. The number of hydrogen-bond acceptors (Lipinski definition) is 4. The first-order valence-corrected chi connectivity index (χ1v) is 2.86. The van der Waals surface area contributed by atoms with Crippen molar-refractivity contribution in [3.63, 3.8) is 0 Å². The first kappa shape index (κ1) is 13.8. The normalized spacial score (nSPS) is 7.67. The Morgan fingerprint density at radius 1 is 1.58 bits per heavy atom. The quantitative estimate of drug-likeness (QED) is 0.558. The standard InChI is InChI=1S/C6H7NO3.2ClH/c8-5-9-2-1-6-3-7-4-10-6;;/h3-5H,1-2H2;2*1H. The summed E-state index contributed by atoms with van der Waals surface area (Å²) in [7, 11) is 0. The van der Waals surface area contributed by atoms with E-state index in [9.17, 15) is 4.79 Å². The largest absolute Gasteiger partial charge is 0.467 e. The summed E-state index contributed by atoms with van der Waals surface area (Å²) in [6.07, 6.45) is 3.52. The van der Waals surface area contributed by atoms with Gasteiger partial charge in [0.05, 0.1) is 12.8 Å². The molecule has 0 saturated carbocycles. The zero-order chi connectivity index (χ0) is 7.23. The van der Waals surface area contributed by atoms with Gasteiger partial charge in [0, 0.05) is 6.42 Å². The summed E-state index contributed by atoms with van der Waals surface area (Å²) in [6.45, 7) is 0.759. The van der Waals surface area contributed by atoms with Gasteiger partial charge in [-0.15, -0.1) is 24.8 Å². The molecule has 4 nitrogen and oxygen atoms in total. The predicted octanol–water partition coefficient (Wildman–Crippen LogP) is 1.23. The van der Waals surface area contributed by atoms with E-state index in [2.05, 4.69) is 9.72 Å². The Balaban J connectivity index is 0. The fraction of sp³-hybridized carbons (Fsp3) is 0.333. The second-order valence-electron chi connectivity index (χ2n) is 1.68. The average molecular weight is 214 g/mol. The molecule has 0 aliphatic carbocycles. The van der Waals surface area contributed by atoms with Crippen molar-refractivity contribution < 1.29 is 13.9 Å². The molecule has 0 N–H and O–H groups in total. The number of rotatable bonds is 4. The van der Waals surface area contributed by atoms with Crippen LogP contribution >= 0.6 is 24.8 Å². The molecule has 0 fully saturated rings. The molecule has 1 aromatic heterocycles. The van der Waals surface area contributed by atoms with E-state index >= 15 is 0 Å². The maximum atomic E-state index is 9.66. The predicted molar refractivity (Wildman–Crippen MR) is 46.7 cm³/mol. The summed E-state index contributed by atoms with van der Waals surface area (Å²) in [4.78, 5) is 13.4. The molecule has 12 heavy (non-hydrogen) atoms. The van der Waals surface area contributed by atoms with E-state index in [0.29, 0.717) is 19.5 Å². The highest BCUT2D eigenvalue weighted by atomic mass is 35.5. The number of nitrogens with zero attached hydrogens (tertiary/aromatic N) is 1. The minimum absolute atomic E-state index is 0. The van der Waals surface area contributed by atoms with Crippen molar-refractivity contribution in [2.45, 2.75) is 6.42 Å². The van der Waals surface area contributed by atoms with Crippen LogP contribution in [0.4, 0.5) is 0 Å². The Bertz CT molecular complexity index is 191. The number of aromatic nitrogens is 1. The fourth-order valence-corrected chi connectivity index (χ4v) is 0.573. The lowest BCUT2D eigenvalue weighted by Crippen LogP contribution is -1.94. The van der Waals surface area contributed by atoms with E-state index < -0.39 is 0 Å². The first-order valence-electron chi connectivity index (χ1n) is 2.86. The molecule has 0 spiro atoms. The van der Waals surface area contributed by atoms with E-state index in [-0.39, 0.29) is 24.8 Å². The van der Waals surface area contributed by atoms with Crippen molar-refractivity contribution in [1.82, 2.24) is 4.98 Å². The van der Waals surface area contributed by atoms with Gasteiger partial charge in [0.25, 0.3) is 6.47 Å². The number of ether oxygens (including phenoxy) is 1. The minimum Gasteiger partial charge on any atom is -0.467 e. The summed E-state index contributed by atoms with van der Waals surface area (Å²) >= 11 is 0. The maximum Gasteiger partial charge on any atom is 0.293 e. The third-order valence-corrected chi connectivity index (χ3v) is 1.02. The first-order chi connectivity index (χ1) is 4.93. The molecular formula is C6H9Cl2NO3. The Hall–Kier alpha value is -0.740. The van der Waals surface area contributed by atoms with Gasteiger partial charge in [-0.3, -0.25) is 4.79 Å². The molecule has 0 atom stereocenters. The summed E-state index contributed by atoms with van der Waals surface area (Å²) in [5.41, 5.74) is 0. The van der Waals surface area contributed by atoms with Crippen LogP contribution in [0.2, 0.25) is 0 Å². The summed E-state index contributed by atoms with van der Waals surface area (Å²) < 4.78 is 9.31. The van der Waals surface area contributed by atoms with Crippen molar-refractivity contribution in [3.05, 3.63) is 18.4 Å². The lowest BCUT2D eigenvalue weighted by Gasteiger charge is -1.92.